The lowest BCUT2D eigenvalue weighted by Gasteiger charge is -2.20. The molecule has 1 N–H and O–H groups in total. The molecule has 1 heterocycles. The Morgan fingerprint density at radius 3 is 2.14 bits per heavy atom. The molecule has 3 aromatic rings. The molecule has 1 aromatic heterocycles. The average Bonchev–Trinajstić information content (AvgIpc) is 2.77. The van der Waals surface area contributed by atoms with E-state index in [4.69, 9.17) is 9.47 Å². The summed E-state index contributed by atoms with van der Waals surface area (Å²) >= 11 is 0. The van der Waals surface area contributed by atoms with Gasteiger partial charge in [-0.3, -0.25) is 9.78 Å². The van der Waals surface area contributed by atoms with Gasteiger partial charge >= 0.3 is 0 Å². The molecule has 0 spiro atoms. The standard InChI is InChI=1S/C23H24N2O3/c1-27-20-14-17(15-21(16-20)28-2)8-9-22(26)25-23(18-6-4-3-5-7-18)19-10-12-24-13-11-19/h3-7,10-16,23H,8-9H2,1-2H3,(H,25,26). The molecule has 144 valence electrons. The topological polar surface area (TPSA) is 60.5 Å². The minimum absolute atomic E-state index is 0.0209. The summed E-state index contributed by atoms with van der Waals surface area (Å²) in [7, 11) is 3.23. The van der Waals surface area contributed by atoms with Crippen LogP contribution in [0, 0.1) is 0 Å². The van der Waals surface area contributed by atoms with Crippen LogP contribution in [0.1, 0.15) is 29.2 Å². The summed E-state index contributed by atoms with van der Waals surface area (Å²) in [4.78, 5) is 16.8. The van der Waals surface area contributed by atoms with Gasteiger partial charge in [0.1, 0.15) is 11.5 Å². The van der Waals surface area contributed by atoms with Crippen LogP contribution in [0.25, 0.3) is 0 Å². The van der Waals surface area contributed by atoms with Gasteiger partial charge in [-0.05, 0) is 47.4 Å². The van der Waals surface area contributed by atoms with Crippen molar-refractivity contribution in [3.63, 3.8) is 0 Å². The third-order valence-electron chi connectivity index (χ3n) is 4.53. The quantitative estimate of drug-likeness (QED) is 0.647. The number of nitrogens with zero attached hydrogens (tertiary/aromatic N) is 1. The van der Waals surface area contributed by atoms with Gasteiger partial charge in [-0.25, -0.2) is 0 Å². The molecule has 0 aliphatic carbocycles. The van der Waals surface area contributed by atoms with Gasteiger partial charge in [-0.2, -0.15) is 0 Å². The van der Waals surface area contributed by atoms with Gasteiger partial charge in [-0.15, -0.1) is 0 Å². The van der Waals surface area contributed by atoms with Crippen molar-refractivity contribution in [2.24, 2.45) is 0 Å². The highest BCUT2D eigenvalue weighted by molar-refractivity contribution is 5.77. The molecule has 5 nitrogen and oxygen atoms in total. The Labute approximate surface area is 165 Å². The van der Waals surface area contributed by atoms with Crippen molar-refractivity contribution in [3.8, 4) is 11.5 Å². The zero-order valence-electron chi connectivity index (χ0n) is 16.1. The number of carbonyl (C=O) groups excluding carboxylic acids is 1. The molecule has 0 saturated carbocycles. The first kappa shape index (κ1) is 19.4. The Bertz CT molecular complexity index is 836. The maximum absolute atomic E-state index is 12.7. The molecule has 0 bridgehead atoms. The number of nitrogens with one attached hydrogen (secondary N) is 1. The molecule has 3 rings (SSSR count). The van der Waals surface area contributed by atoms with E-state index in [-0.39, 0.29) is 11.9 Å². The van der Waals surface area contributed by atoms with Crippen molar-refractivity contribution in [2.45, 2.75) is 18.9 Å². The summed E-state index contributed by atoms with van der Waals surface area (Å²) in [5.41, 5.74) is 3.02. The third kappa shape index (κ3) is 5.10. The summed E-state index contributed by atoms with van der Waals surface area (Å²) in [6, 6.07) is 19.2. The van der Waals surface area contributed by atoms with E-state index in [0.717, 1.165) is 16.7 Å². The van der Waals surface area contributed by atoms with E-state index < -0.39 is 0 Å². The summed E-state index contributed by atoms with van der Waals surface area (Å²) in [6.45, 7) is 0. The van der Waals surface area contributed by atoms with E-state index >= 15 is 0 Å². The highest BCUT2D eigenvalue weighted by Crippen LogP contribution is 2.24. The molecular weight excluding hydrogens is 352 g/mol. The molecule has 0 aliphatic rings. The molecule has 0 aliphatic heterocycles. The van der Waals surface area contributed by atoms with Crippen LogP contribution in [0.2, 0.25) is 0 Å². The molecule has 1 amide bonds. The van der Waals surface area contributed by atoms with Crippen molar-refractivity contribution < 1.29 is 14.3 Å². The Morgan fingerprint density at radius 2 is 1.54 bits per heavy atom. The van der Waals surface area contributed by atoms with Crippen LogP contribution < -0.4 is 14.8 Å². The monoisotopic (exact) mass is 376 g/mol. The van der Waals surface area contributed by atoms with Gasteiger partial charge in [0.05, 0.1) is 20.3 Å². The van der Waals surface area contributed by atoms with Gasteiger partial charge in [0.25, 0.3) is 0 Å². The van der Waals surface area contributed by atoms with Crippen molar-refractivity contribution in [1.82, 2.24) is 10.3 Å². The summed E-state index contributed by atoms with van der Waals surface area (Å²) in [5, 5.41) is 3.15. The normalized spacial score (nSPS) is 11.5. The number of carbonyl (C=O) groups is 1. The van der Waals surface area contributed by atoms with Gasteiger partial charge in [0.15, 0.2) is 0 Å². The van der Waals surface area contributed by atoms with Gasteiger partial charge in [-0.1, -0.05) is 30.3 Å². The van der Waals surface area contributed by atoms with Crippen LogP contribution in [0.3, 0.4) is 0 Å². The van der Waals surface area contributed by atoms with E-state index in [1.54, 1.807) is 26.6 Å². The number of pyridine rings is 1. The summed E-state index contributed by atoms with van der Waals surface area (Å²) in [6.07, 6.45) is 4.43. The number of amides is 1. The highest BCUT2D eigenvalue weighted by atomic mass is 16.5. The maximum atomic E-state index is 12.7. The minimum Gasteiger partial charge on any atom is -0.497 e. The fourth-order valence-corrected chi connectivity index (χ4v) is 3.06. The number of aryl methyl sites for hydroxylation is 1. The first-order valence-electron chi connectivity index (χ1n) is 9.16. The number of benzene rings is 2. The van der Waals surface area contributed by atoms with Crippen LogP contribution >= 0.6 is 0 Å². The number of hydrogen-bond acceptors (Lipinski definition) is 4. The van der Waals surface area contributed by atoms with Crippen LogP contribution in [-0.4, -0.2) is 25.1 Å². The average molecular weight is 376 g/mol. The Morgan fingerprint density at radius 1 is 0.929 bits per heavy atom. The number of aromatic nitrogens is 1. The lowest BCUT2D eigenvalue weighted by Crippen LogP contribution is -2.29. The third-order valence-corrected chi connectivity index (χ3v) is 4.53. The van der Waals surface area contributed by atoms with E-state index in [1.165, 1.54) is 0 Å². The van der Waals surface area contributed by atoms with Crippen molar-refractivity contribution in [1.29, 1.82) is 0 Å². The summed E-state index contributed by atoms with van der Waals surface area (Å²) in [5.74, 6) is 1.41. The van der Waals surface area contributed by atoms with Crippen LogP contribution in [-0.2, 0) is 11.2 Å². The number of methoxy groups -OCH3 is 2. The second-order valence-corrected chi connectivity index (χ2v) is 6.41. The van der Waals surface area contributed by atoms with E-state index in [0.29, 0.717) is 24.3 Å². The van der Waals surface area contributed by atoms with Crippen LogP contribution in [0.5, 0.6) is 11.5 Å². The zero-order valence-corrected chi connectivity index (χ0v) is 16.1. The number of hydrogen-bond donors (Lipinski definition) is 1. The van der Waals surface area contributed by atoms with Gasteiger partial charge in [0, 0.05) is 24.9 Å². The molecular formula is C23H24N2O3. The second-order valence-electron chi connectivity index (χ2n) is 6.41. The predicted octanol–water partition coefficient (Wildman–Crippen LogP) is 3.94. The van der Waals surface area contributed by atoms with E-state index in [2.05, 4.69) is 10.3 Å². The first-order chi connectivity index (χ1) is 13.7. The van der Waals surface area contributed by atoms with Crippen molar-refractivity contribution in [2.75, 3.05) is 14.2 Å². The Balaban J connectivity index is 1.71. The first-order valence-corrected chi connectivity index (χ1v) is 9.16. The highest BCUT2D eigenvalue weighted by Gasteiger charge is 2.16. The van der Waals surface area contributed by atoms with Crippen LogP contribution in [0.4, 0.5) is 0 Å². The zero-order chi connectivity index (χ0) is 19.8. The van der Waals surface area contributed by atoms with E-state index in [1.807, 2.05) is 60.7 Å². The summed E-state index contributed by atoms with van der Waals surface area (Å²) < 4.78 is 10.6. The molecule has 1 unspecified atom stereocenters. The van der Waals surface area contributed by atoms with Crippen molar-refractivity contribution >= 4 is 5.91 Å². The Hall–Kier alpha value is -3.34. The number of ether oxygens (including phenoxy) is 2. The molecule has 0 radical (unpaired) electrons. The Kier molecular flexibility index (Phi) is 6.63. The van der Waals surface area contributed by atoms with Crippen LogP contribution in [0.15, 0.2) is 73.1 Å². The number of rotatable bonds is 8. The predicted molar refractivity (Wildman–Crippen MR) is 109 cm³/mol. The lowest BCUT2D eigenvalue weighted by atomic mass is 9.99. The van der Waals surface area contributed by atoms with Gasteiger partial charge in [0.2, 0.25) is 5.91 Å². The minimum atomic E-state index is -0.212. The fourth-order valence-electron chi connectivity index (χ4n) is 3.06. The molecule has 2 aromatic carbocycles. The van der Waals surface area contributed by atoms with Gasteiger partial charge < -0.3 is 14.8 Å². The molecule has 1 atom stereocenters. The molecule has 0 saturated heterocycles. The SMILES string of the molecule is COc1cc(CCC(=O)NC(c2ccccc2)c2ccncc2)cc(OC)c1. The van der Waals surface area contributed by atoms with E-state index in [9.17, 15) is 4.79 Å². The molecule has 5 heteroatoms. The fraction of sp³-hybridized carbons (Fsp3) is 0.217. The molecule has 28 heavy (non-hydrogen) atoms. The smallest absolute Gasteiger partial charge is 0.221 e. The second kappa shape index (κ2) is 9.55. The lowest BCUT2D eigenvalue weighted by molar-refractivity contribution is -0.121. The largest absolute Gasteiger partial charge is 0.497 e. The van der Waals surface area contributed by atoms with Crippen molar-refractivity contribution in [3.05, 3.63) is 89.7 Å². The molecule has 0 fully saturated rings. The maximum Gasteiger partial charge on any atom is 0.221 e.